The zero-order chi connectivity index (χ0) is 14.8. The standard InChI is InChI=1S/C13H14F3N3O/c1-8(17-2)12-19-18-11(20-12)7-9-3-5-10(6-4-9)13(14,15)16/h3-6,8,17H,7H2,1-2H3. The normalized spacial score (nSPS) is 13.4. The van der Waals surface area contributed by atoms with Gasteiger partial charge < -0.3 is 9.73 Å². The first kappa shape index (κ1) is 14.5. The molecule has 7 heteroatoms. The average Bonchev–Trinajstić information content (AvgIpc) is 2.86. The van der Waals surface area contributed by atoms with Gasteiger partial charge in [-0.15, -0.1) is 10.2 Å². The molecule has 0 bridgehead atoms. The second-order valence-corrected chi connectivity index (χ2v) is 4.42. The summed E-state index contributed by atoms with van der Waals surface area (Å²) in [4.78, 5) is 0. The molecule has 0 saturated heterocycles. The Morgan fingerprint density at radius 3 is 2.40 bits per heavy atom. The van der Waals surface area contributed by atoms with Gasteiger partial charge >= 0.3 is 6.18 Å². The quantitative estimate of drug-likeness (QED) is 0.938. The zero-order valence-electron chi connectivity index (χ0n) is 11.0. The number of hydrogen-bond acceptors (Lipinski definition) is 4. The van der Waals surface area contributed by atoms with Gasteiger partial charge in [0.05, 0.1) is 18.0 Å². The van der Waals surface area contributed by atoms with Crippen LogP contribution >= 0.6 is 0 Å². The van der Waals surface area contributed by atoms with Gasteiger partial charge in [-0.25, -0.2) is 0 Å². The molecule has 0 fully saturated rings. The first-order valence-electron chi connectivity index (χ1n) is 6.06. The predicted molar refractivity (Wildman–Crippen MR) is 66.0 cm³/mol. The molecule has 0 aliphatic heterocycles. The minimum Gasteiger partial charge on any atom is -0.423 e. The molecule has 0 aliphatic rings. The largest absolute Gasteiger partial charge is 0.423 e. The molecule has 0 amide bonds. The van der Waals surface area contributed by atoms with Crippen LogP contribution in [0.25, 0.3) is 0 Å². The third kappa shape index (κ3) is 3.36. The third-order valence-electron chi connectivity index (χ3n) is 2.92. The summed E-state index contributed by atoms with van der Waals surface area (Å²) in [5, 5.41) is 10.7. The van der Waals surface area contributed by atoms with Crippen LogP contribution in [0.1, 0.15) is 35.9 Å². The van der Waals surface area contributed by atoms with Crippen molar-refractivity contribution < 1.29 is 17.6 Å². The molecule has 1 aromatic heterocycles. The van der Waals surface area contributed by atoms with Crippen LogP contribution in [-0.4, -0.2) is 17.2 Å². The van der Waals surface area contributed by atoms with Crippen LogP contribution in [0, 0.1) is 0 Å². The molecule has 1 N–H and O–H groups in total. The Bertz CT molecular complexity index is 563. The van der Waals surface area contributed by atoms with Crippen molar-refractivity contribution in [3.63, 3.8) is 0 Å². The number of rotatable bonds is 4. The predicted octanol–water partition coefficient (Wildman–Crippen LogP) is 2.96. The highest BCUT2D eigenvalue weighted by atomic mass is 19.4. The van der Waals surface area contributed by atoms with E-state index in [1.165, 1.54) is 12.1 Å². The SMILES string of the molecule is CNC(C)c1nnc(Cc2ccc(C(F)(F)F)cc2)o1. The van der Waals surface area contributed by atoms with Crippen molar-refractivity contribution in [2.24, 2.45) is 0 Å². The van der Waals surface area contributed by atoms with Crippen LogP contribution in [-0.2, 0) is 12.6 Å². The summed E-state index contributed by atoms with van der Waals surface area (Å²) in [5.41, 5.74) is 0.0154. The molecule has 1 atom stereocenters. The number of nitrogens with one attached hydrogen (secondary N) is 1. The molecule has 2 rings (SSSR count). The van der Waals surface area contributed by atoms with E-state index in [0.717, 1.165) is 12.1 Å². The first-order valence-corrected chi connectivity index (χ1v) is 6.06. The van der Waals surface area contributed by atoms with Crippen LogP contribution in [0.4, 0.5) is 13.2 Å². The van der Waals surface area contributed by atoms with Crippen molar-refractivity contribution in [3.8, 4) is 0 Å². The third-order valence-corrected chi connectivity index (χ3v) is 2.92. The second-order valence-electron chi connectivity index (χ2n) is 4.42. The summed E-state index contributed by atoms with van der Waals surface area (Å²) in [6, 6.07) is 4.84. The van der Waals surface area contributed by atoms with E-state index in [9.17, 15) is 13.2 Å². The van der Waals surface area contributed by atoms with Crippen molar-refractivity contribution in [3.05, 3.63) is 47.2 Å². The number of nitrogens with zero attached hydrogens (tertiary/aromatic N) is 2. The number of benzene rings is 1. The lowest BCUT2D eigenvalue weighted by molar-refractivity contribution is -0.137. The van der Waals surface area contributed by atoms with E-state index >= 15 is 0 Å². The molecule has 1 heterocycles. The average molecular weight is 285 g/mol. The van der Waals surface area contributed by atoms with Gasteiger partial charge in [0.2, 0.25) is 11.8 Å². The lowest BCUT2D eigenvalue weighted by Crippen LogP contribution is -2.12. The van der Waals surface area contributed by atoms with Gasteiger partial charge in [-0.05, 0) is 31.7 Å². The van der Waals surface area contributed by atoms with Crippen LogP contribution in [0.15, 0.2) is 28.7 Å². The Morgan fingerprint density at radius 2 is 1.85 bits per heavy atom. The molecule has 4 nitrogen and oxygen atoms in total. The number of alkyl halides is 3. The van der Waals surface area contributed by atoms with E-state index in [0.29, 0.717) is 23.8 Å². The minimum atomic E-state index is -4.32. The van der Waals surface area contributed by atoms with E-state index in [1.807, 2.05) is 6.92 Å². The zero-order valence-corrected chi connectivity index (χ0v) is 11.0. The Morgan fingerprint density at radius 1 is 1.20 bits per heavy atom. The van der Waals surface area contributed by atoms with Gasteiger partial charge in [-0.2, -0.15) is 13.2 Å². The van der Waals surface area contributed by atoms with Crippen LogP contribution in [0.3, 0.4) is 0 Å². The molecule has 0 radical (unpaired) electrons. The van der Waals surface area contributed by atoms with Gasteiger partial charge in [-0.3, -0.25) is 0 Å². The second kappa shape index (κ2) is 5.62. The van der Waals surface area contributed by atoms with Crippen molar-refractivity contribution in [1.82, 2.24) is 15.5 Å². The number of halogens is 3. The van der Waals surface area contributed by atoms with Crippen LogP contribution in [0.2, 0.25) is 0 Å². The van der Waals surface area contributed by atoms with Crippen LogP contribution in [0.5, 0.6) is 0 Å². The highest BCUT2D eigenvalue weighted by molar-refractivity contribution is 5.26. The van der Waals surface area contributed by atoms with E-state index in [4.69, 9.17) is 4.42 Å². The fourth-order valence-corrected chi connectivity index (χ4v) is 1.62. The molecular weight excluding hydrogens is 271 g/mol. The lowest BCUT2D eigenvalue weighted by atomic mass is 10.1. The van der Waals surface area contributed by atoms with Gasteiger partial charge in [0.15, 0.2) is 0 Å². The van der Waals surface area contributed by atoms with E-state index in [1.54, 1.807) is 7.05 Å². The summed E-state index contributed by atoms with van der Waals surface area (Å²) in [6.07, 6.45) is -4.01. The fourth-order valence-electron chi connectivity index (χ4n) is 1.62. The molecule has 1 aromatic carbocycles. The van der Waals surface area contributed by atoms with Gasteiger partial charge in [0.1, 0.15) is 0 Å². The van der Waals surface area contributed by atoms with Gasteiger partial charge in [0, 0.05) is 0 Å². The monoisotopic (exact) mass is 285 g/mol. The van der Waals surface area contributed by atoms with Crippen molar-refractivity contribution in [1.29, 1.82) is 0 Å². The summed E-state index contributed by atoms with van der Waals surface area (Å²) in [5.74, 6) is 0.830. The van der Waals surface area contributed by atoms with Crippen molar-refractivity contribution >= 4 is 0 Å². The maximum atomic E-state index is 12.4. The molecule has 108 valence electrons. The topological polar surface area (TPSA) is 51.0 Å². The summed E-state index contributed by atoms with van der Waals surface area (Å²) < 4.78 is 42.7. The van der Waals surface area contributed by atoms with Gasteiger partial charge in [-0.1, -0.05) is 12.1 Å². The summed E-state index contributed by atoms with van der Waals surface area (Å²) in [7, 11) is 1.77. The first-order chi connectivity index (χ1) is 9.40. The number of aromatic nitrogens is 2. The van der Waals surface area contributed by atoms with E-state index in [-0.39, 0.29) is 6.04 Å². The molecule has 0 spiro atoms. The fraction of sp³-hybridized carbons (Fsp3) is 0.385. The molecule has 2 aromatic rings. The van der Waals surface area contributed by atoms with Crippen molar-refractivity contribution in [2.75, 3.05) is 7.05 Å². The Hall–Kier alpha value is -1.89. The Labute approximate surface area is 114 Å². The Balaban J connectivity index is 2.08. The Kier molecular flexibility index (Phi) is 4.08. The highest BCUT2D eigenvalue weighted by Gasteiger charge is 2.29. The molecule has 20 heavy (non-hydrogen) atoms. The lowest BCUT2D eigenvalue weighted by Gasteiger charge is -2.06. The highest BCUT2D eigenvalue weighted by Crippen LogP contribution is 2.29. The maximum Gasteiger partial charge on any atom is 0.416 e. The van der Waals surface area contributed by atoms with Crippen LogP contribution < -0.4 is 5.32 Å². The molecule has 1 unspecified atom stereocenters. The molecule has 0 saturated carbocycles. The maximum absolute atomic E-state index is 12.4. The number of hydrogen-bond donors (Lipinski definition) is 1. The van der Waals surface area contributed by atoms with E-state index < -0.39 is 11.7 Å². The smallest absolute Gasteiger partial charge is 0.416 e. The summed E-state index contributed by atoms with van der Waals surface area (Å²) in [6.45, 7) is 1.87. The molecular formula is C13H14F3N3O. The minimum absolute atomic E-state index is 0.0659. The van der Waals surface area contributed by atoms with Gasteiger partial charge in [0.25, 0.3) is 0 Å². The summed E-state index contributed by atoms with van der Waals surface area (Å²) >= 11 is 0. The van der Waals surface area contributed by atoms with Crippen molar-refractivity contribution in [2.45, 2.75) is 25.6 Å². The van der Waals surface area contributed by atoms with E-state index in [2.05, 4.69) is 15.5 Å². The molecule has 0 aliphatic carbocycles.